The van der Waals surface area contributed by atoms with Crippen LogP contribution in [-0.4, -0.2) is 41.4 Å². The number of piperidine rings is 1. The van der Waals surface area contributed by atoms with Gasteiger partial charge in [0.15, 0.2) is 17.7 Å². The van der Waals surface area contributed by atoms with Gasteiger partial charge in [0.05, 0.1) is 17.9 Å². The second kappa shape index (κ2) is 13.0. The number of carboxylic acids is 1. The molecule has 9 heteroatoms. The molecule has 1 aromatic heterocycles. The Morgan fingerprint density at radius 1 is 1.05 bits per heavy atom. The standard InChI is InChI=1S/C34H41F3N2O4/c1-7-34(5,6)43-31(32(40)41)27-21(2)38-20-25(30(27)39-17-15-33(3,4)16-18-39)24-12-13-26(29(37)28(24)36)42-19-14-22-8-10-23(35)11-9-22/h8-13,20,31H,7,14-19H2,1-6H3,(H,40,41). The summed E-state index contributed by atoms with van der Waals surface area (Å²) in [6.45, 7) is 12.9. The van der Waals surface area contributed by atoms with Gasteiger partial charge in [0, 0.05) is 48.1 Å². The SMILES string of the molecule is CCC(C)(C)OC(C(=O)O)c1c(C)ncc(-c2ccc(OCCc3ccc(F)cc3)c(F)c2F)c1N1CCC(C)(C)CC1. The third-order valence-corrected chi connectivity index (χ3v) is 8.39. The van der Waals surface area contributed by atoms with Gasteiger partial charge in [0.25, 0.3) is 0 Å². The molecule has 4 rings (SSSR count). The van der Waals surface area contributed by atoms with Crippen LogP contribution in [0.5, 0.6) is 5.75 Å². The second-order valence-electron chi connectivity index (χ2n) is 12.6. The van der Waals surface area contributed by atoms with E-state index < -0.39 is 29.3 Å². The lowest BCUT2D eigenvalue weighted by Gasteiger charge is -2.41. The largest absolute Gasteiger partial charge is 0.490 e. The zero-order valence-electron chi connectivity index (χ0n) is 25.8. The van der Waals surface area contributed by atoms with Crippen molar-refractivity contribution in [2.24, 2.45) is 5.41 Å². The molecule has 1 saturated heterocycles. The number of rotatable bonds is 11. The summed E-state index contributed by atoms with van der Waals surface area (Å²) in [5.41, 5.74) is 1.66. The number of pyridine rings is 1. The fourth-order valence-corrected chi connectivity index (χ4v) is 5.21. The van der Waals surface area contributed by atoms with E-state index in [1.165, 1.54) is 30.5 Å². The highest BCUT2D eigenvalue weighted by Crippen LogP contribution is 2.45. The average molecular weight is 599 g/mol. The number of anilines is 1. The Bertz CT molecular complexity index is 1450. The number of aromatic nitrogens is 1. The first kappa shape index (κ1) is 32.3. The van der Waals surface area contributed by atoms with Crippen LogP contribution in [0.1, 0.15) is 76.8 Å². The lowest BCUT2D eigenvalue weighted by molar-refractivity contribution is -0.162. The van der Waals surface area contributed by atoms with Crippen LogP contribution in [0, 0.1) is 29.8 Å². The van der Waals surface area contributed by atoms with E-state index in [0.717, 1.165) is 18.4 Å². The Hall–Kier alpha value is -3.59. The molecule has 2 heterocycles. The van der Waals surface area contributed by atoms with Crippen molar-refractivity contribution in [1.29, 1.82) is 0 Å². The molecule has 2 aromatic carbocycles. The number of hydrogen-bond acceptors (Lipinski definition) is 5. The second-order valence-corrected chi connectivity index (χ2v) is 12.6. The van der Waals surface area contributed by atoms with Gasteiger partial charge in [0.1, 0.15) is 5.82 Å². The van der Waals surface area contributed by atoms with Gasteiger partial charge in [-0.15, -0.1) is 0 Å². The molecule has 232 valence electrons. The first-order valence-electron chi connectivity index (χ1n) is 14.7. The number of aryl methyl sites for hydroxylation is 1. The molecule has 1 aliphatic rings. The summed E-state index contributed by atoms with van der Waals surface area (Å²) < 4.78 is 56.2. The molecular weight excluding hydrogens is 557 g/mol. The smallest absolute Gasteiger partial charge is 0.337 e. The average Bonchev–Trinajstić information content (AvgIpc) is 2.95. The van der Waals surface area contributed by atoms with Crippen molar-refractivity contribution < 1.29 is 32.5 Å². The third-order valence-electron chi connectivity index (χ3n) is 8.39. The number of aliphatic carboxylic acids is 1. The number of ether oxygens (including phenoxy) is 2. The van der Waals surface area contributed by atoms with E-state index in [0.29, 0.717) is 48.4 Å². The summed E-state index contributed by atoms with van der Waals surface area (Å²) >= 11 is 0. The topological polar surface area (TPSA) is 71.9 Å². The summed E-state index contributed by atoms with van der Waals surface area (Å²) in [5.74, 6) is -4.05. The molecule has 0 aliphatic carbocycles. The molecule has 0 spiro atoms. The fraction of sp³-hybridized carbons (Fsp3) is 0.471. The maximum Gasteiger partial charge on any atom is 0.337 e. The van der Waals surface area contributed by atoms with Crippen LogP contribution in [0.2, 0.25) is 0 Å². The molecule has 1 fully saturated rings. The van der Waals surface area contributed by atoms with Gasteiger partial charge >= 0.3 is 5.97 Å². The molecule has 1 atom stereocenters. The van der Waals surface area contributed by atoms with Crippen LogP contribution in [0.25, 0.3) is 11.1 Å². The van der Waals surface area contributed by atoms with E-state index in [4.69, 9.17) is 9.47 Å². The molecule has 43 heavy (non-hydrogen) atoms. The van der Waals surface area contributed by atoms with Crippen molar-refractivity contribution in [3.05, 3.63) is 76.9 Å². The summed E-state index contributed by atoms with van der Waals surface area (Å²) in [4.78, 5) is 19.2. The van der Waals surface area contributed by atoms with Crippen LogP contribution in [-0.2, 0) is 16.0 Å². The van der Waals surface area contributed by atoms with Crippen LogP contribution in [0.3, 0.4) is 0 Å². The van der Waals surface area contributed by atoms with Crippen molar-refractivity contribution >= 4 is 11.7 Å². The molecule has 1 unspecified atom stereocenters. The quantitative estimate of drug-likeness (QED) is 0.241. The molecule has 1 aliphatic heterocycles. The minimum atomic E-state index is -1.37. The number of carboxylic acid groups (broad SMARTS) is 1. The first-order chi connectivity index (χ1) is 20.2. The molecule has 0 bridgehead atoms. The molecule has 3 aromatic rings. The zero-order valence-corrected chi connectivity index (χ0v) is 25.8. The zero-order chi connectivity index (χ0) is 31.5. The van der Waals surface area contributed by atoms with Gasteiger partial charge in [-0.1, -0.05) is 32.9 Å². The number of hydrogen-bond donors (Lipinski definition) is 1. The van der Waals surface area contributed by atoms with Crippen LogP contribution < -0.4 is 9.64 Å². The number of nitrogens with zero attached hydrogens (tertiary/aromatic N) is 2. The Morgan fingerprint density at radius 3 is 2.30 bits per heavy atom. The van der Waals surface area contributed by atoms with E-state index in [-0.39, 0.29) is 29.2 Å². The third kappa shape index (κ3) is 7.50. The Balaban J connectivity index is 1.77. The Kier molecular flexibility index (Phi) is 9.74. The maximum atomic E-state index is 15.8. The van der Waals surface area contributed by atoms with Crippen molar-refractivity contribution in [3.8, 4) is 16.9 Å². The van der Waals surface area contributed by atoms with E-state index >= 15 is 8.78 Å². The number of benzene rings is 2. The normalized spacial score (nSPS) is 15.8. The number of halogens is 3. The minimum Gasteiger partial charge on any atom is -0.490 e. The number of carbonyl (C=O) groups is 1. The molecular formula is C34H41F3N2O4. The summed E-state index contributed by atoms with van der Waals surface area (Å²) in [5, 5.41) is 10.4. The van der Waals surface area contributed by atoms with Gasteiger partial charge in [-0.05, 0) is 75.3 Å². The highest BCUT2D eigenvalue weighted by molar-refractivity contribution is 5.86. The van der Waals surface area contributed by atoms with Crippen LogP contribution in [0.15, 0.2) is 42.6 Å². The molecule has 0 radical (unpaired) electrons. The van der Waals surface area contributed by atoms with Gasteiger partial charge < -0.3 is 19.5 Å². The maximum absolute atomic E-state index is 15.8. The van der Waals surface area contributed by atoms with Gasteiger partial charge in [-0.2, -0.15) is 4.39 Å². The predicted octanol–water partition coefficient (Wildman–Crippen LogP) is 8.05. The minimum absolute atomic E-state index is 0.0455. The molecule has 1 N–H and O–H groups in total. The van der Waals surface area contributed by atoms with Gasteiger partial charge in [0.2, 0.25) is 5.82 Å². The van der Waals surface area contributed by atoms with E-state index in [1.807, 2.05) is 25.7 Å². The van der Waals surface area contributed by atoms with E-state index in [1.54, 1.807) is 19.1 Å². The van der Waals surface area contributed by atoms with E-state index in [2.05, 4.69) is 18.8 Å². The highest BCUT2D eigenvalue weighted by atomic mass is 19.2. The summed E-state index contributed by atoms with van der Waals surface area (Å²) in [6.07, 6.45) is 2.74. The first-order valence-corrected chi connectivity index (χ1v) is 14.7. The Labute approximate surface area is 251 Å². The van der Waals surface area contributed by atoms with Gasteiger partial charge in [-0.3, -0.25) is 4.98 Å². The molecule has 0 amide bonds. The molecule has 6 nitrogen and oxygen atoms in total. The van der Waals surface area contributed by atoms with E-state index in [9.17, 15) is 14.3 Å². The predicted molar refractivity (Wildman–Crippen MR) is 161 cm³/mol. The van der Waals surface area contributed by atoms with Crippen LogP contribution in [0.4, 0.5) is 18.9 Å². The van der Waals surface area contributed by atoms with Gasteiger partial charge in [-0.25, -0.2) is 13.6 Å². The Morgan fingerprint density at radius 2 is 1.70 bits per heavy atom. The van der Waals surface area contributed by atoms with Crippen molar-refractivity contribution in [1.82, 2.24) is 4.98 Å². The summed E-state index contributed by atoms with van der Waals surface area (Å²) in [6, 6.07) is 8.69. The fourth-order valence-electron chi connectivity index (χ4n) is 5.21. The van der Waals surface area contributed by atoms with Crippen molar-refractivity contribution in [2.45, 2.75) is 78.9 Å². The van der Waals surface area contributed by atoms with Crippen molar-refractivity contribution in [2.75, 3.05) is 24.6 Å². The van der Waals surface area contributed by atoms with Crippen LogP contribution >= 0.6 is 0 Å². The lowest BCUT2D eigenvalue weighted by atomic mass is 9.82. The van der Waals surface area contributed by atoms with Crippen molar-refractivity contribution in [3.63, 3.8) is 0 Å². The lowest BCUT2D eigenvalue weighted by Crippen LogP contribution is -2.39. The highest BCUT2D eigenvalue weighted by Gasteiger charge is 2.37. The monoisotopic (exact) mass is 598 g/mol. The molecule has 0 saturated carbocycles. The summed E-state index contributed by atoms with van der Waals surface area (Å²) in [7, 11) is 0.